The van der Waals surface area contributed by atoms with E-state index >= 15 is 0 Å². The van der Waals surface area contributed by atoms with Crippen LogP contribution in [0.5, 0.6) is 0 Å². The van der Waals surface area contributed by atoms with Crippen LogP contribution < -0.4 is 15.1 Å². The lowest BCUT2D eigenvalue weighted by molar-refractivity contribution is 0.597. The largest absolute Gasteiger partial charge is 0.358 e. The van der Waals surface area contributed by atoms with Crippen molar-refractivity contribution in [2.45, 2.75) is 31.7 Å². The van der Waals surface area contributed by atoms with Gasteiger partial charge in [-0.1, -0.05) is 0 Å². The van der Waals surface area contributed by atoms with E-state index in [0.717, 1.165) is 37.8 Å². The molecule has 1 N–H and O–H groups in total. The van der Waals surface area contributed by atoms with Gasteiger partial charge in [0.1, 0.15) is 18.0 Å². The SMILES string of the molecule is CN(CC1CCCN1)c1cc(N2CCCC2)ncn1. The van der Waals surface area contributed by atoms with E-state index in [9.17, 15) is 0 Å². The highest BCUT2D eigenvalue weighted by atomic mass is 15.2. The number of likely N-dealkylation sites (N-methyl/N-ethyl adjacent to an activating group) is 1. The summed E-state index contributed by atoms with van der Waals surface area (Å²) < 4.78 is 0. The Balaban J connectivity index is 1.67. The van der Waals surface area contributed by atoms with Crippen LogP contribution in [0.3, 0.4) is 0 Å². The lowest BCUT2D eigenvalue weighted by atomic mass is 10.2. The predicted molar refractivity (Wildman–Crippen MR) is 77.8 cm³/mol. The summed E-state index contributed by atoms with van der Waals surface area (Å²) >= 11 is 0. The van der Waals surface area contributed by atoms with Gasteiger partial charge in [0.05, 0.1) is 0 Å². The zero-order valence-electron chi connectivity index (χ0n) is 11.7. The molecular formula is C14H23N5. The average molecular weight is 261 g/mol. The Morgan fingerprint density at radius 3 is 2.89 bits per heavy atom. The van der Waals surface area contributed by atoms with Crippen molar-refractivity contribution in [1.29, 1.82) is 0 Å². The maximum absolute atomic E-state index is 4.41. The van der Waals surface area contributed by atoms with E-state index in [1.54, 1.807) is 6.33 Å². The van der Waals surface area contributed by atoms with Gasteiger partial charge >= 0.3 is 0 Å². The summed E-state index contributed by atoms with van der Waals surface area (Å²) in [5, 5.41) is 3.53. The first-order chi connectivity index (χ1) is 9.33. The molecule has 0 bridgehead atoms. The molecule has 0 spiro atoms. The molecule has 1 aromatic rings. The second-order valence-electron chi connectivity index (χ2n) is 5.60. The van der Waals surface area contributed by atoms with Crippen LogP contribution in [0.15, 0.2) is 12.4 Å². The number of aromatic nitrogens is 2. The summed E-state index contributed by atoms with van der Waals surface area (Å²) in [4.78, 5) is 13.4. The van der Waals surface area contributed by atoms with Crippen molar-refractivity contribution in [2.75, 3.05) is 43.0 Å². The fourth-order valence-corrected chi connectivity index (χ4v) is 3.00. The minimum atomic E-state index is 0.607. The Kier molecular flexibility index (Phi) is 3.82. The molecule has 1 unspecified atom stereocenters. The molecule has 0 amide bonds. The molecule has 2 saturated heterocycles. The normalized spacial score (nSPS) is 23.0. The first-order valence-electron chi connectivity index (χ1n) is 7.34. The minimum Gasteiger partial charge on any atom is -0.358 e. The predicted octanol–water partition coefficient (Wildman–Crippen LogP) is 1.26. The molecule has 0 aromatic carbocycles. The zero-order chi connectivity index (χ0) is 13.1. The van der Waals surface area contributed by atoms with Crippen LogP contribution in [0.1, 0.15) is 25.7 Å². The fraction of sp³-hybridized carbons (Fsp3) is 0.714. The standard InChI is InChI=1S/C14H23N5/c1-18(10-12-5-4-6-15-12)13-9-14(17-11-16-13)19-7-2-3-8-19/h9,11-12,15H,2-8,10H2,1H3. The van der Waals surface area contributed by atoms with E-state index < -0.39 is 0 Å². The lowest BCUT2D eigenvalue weighted by Crippen LogP contribution is -2.35. The van der Waals surface area contributed by atoms with Crippen molar-refractivity contribution >= 4 is 11.6 Å². The molecule has 2 aliphatic heterocycles. The number of hydrogen-bond acceptors (Lipinski definition) is 5. The second-order valence-corrected chi connectivity index (χ2v) is 5.60. The van der Waals surface area contributed by atoms with Gasteiger partial charge in [0.2, 0.25) is 0 Å². The fourth-order valence-electron chi connectivity index (χ4n) is 3.00. The first-order valence-corrected chi connectivity index (χ1v) is 7.34. The van der Waals surface area contributed by atoms with Gasteiger partial charge in [-0.15, -0.1) is 0 Å². The molecule has 1 atom stereocenters. The van der Waals surface area contributed by atoms with Gasteiger partial charge < -0.3 is 15.1 Å². The summed E-state index contributed by atoms with van der Waals surface area (Å²) in [5.74, 6) is 2.11. The van der Waals surface area contributed by atoms with Crippen molar-refractivity contribution in [3.63, 3.8) is 0 Å². The van der Waals surface area contributed by atoms with Gasteiger partial charge in [0.25, 0.3) is 0 Å². The monoisotopic (exact) mass is 261 g/mol. The Hall–Kier alpha value is -1.36. The molecule has 0 aliphatic carbocycles. The smallest absolute Gasteiger partial charge is 0.134 e. The van der Waals surface area contributed by atoms with E-state index in [-0.39, 0.29) is 0 Å². The Labute approximate surface area is 115 Å². The van der Waals surface area contributed by atoms with E-state index in [1.807, 2.05) is 0 Å². The van der Waals surface area contributed by atoms with E-state index in [4.69, 9.17) is 0 Å². The van der Waals surface area contributed by atoms with Gasteiger partial charge in [0, 0.05) is 38.8 Å². The number of nitrogens with zero attached hydrogens (tertiary/aromatic N) is 4. The molecular weight excluding hydrogens is 238 g/mol. The Morgan fingerprint density at radius 1 is 1.32 bits per heavy atom. The summed E-state index contributed by atoms with van der Waals surface area (Å²) in [5.41, 5.74) is 0. The highest BCUT2D eigenvalue weighted by molar-refractivity contribution is 5.50. The number of hydrogen-bond donors (Lipinski definition) is 1. The molecule has 0 saturated carbocycles. The van der Waals surface area contributed by atoms with Crippen LogP contribution in [-0.2, 0) is 0 Å². The highest BCUT2D eigenvalue weighted by Gasteiger charge is 2.18. The molecule has 0 radical (unpaired) electrons. The van der Waals surface area contributed by atoms with Crippen LogP contribution >= 0.6 is 0 Å². The molecule has 3 rings (SSSR count). The molecule has 19 heavy (non-hydrogen) atoms. The number of nitrogens with one attached hydrogen (secondary N) is 1. The van der Waals surface area contributed by atoms with Crippen LogP contribution in [0, 0.1) is 0 Å². The quantitative estimate of drug-likeness (QED) is 0.884. The zero-order valence-corrected chi connectivity index (χ0v) is 11.7. The van der Waals surface area contributed by atoms with Gasteiger partial charge in [-0.25, -0.2) is 9.97 Å². The van der Waals surface area contributed by atoms with Gasteiger partial charge in [0.15, 0.2) is 0 Å². The summed E-state index contributed by atoms with van der Waals surface area (Å²) in [6.45, 7) is 4.44. The minimum absolute atomic E-state index is 0.607. The van der Waals surface area contributed by atoms with Gasteiger partial charge in [-0.2, -0.15) is 0 Å². The Morgan fingerprint density at radius 2 is 2.16 bits per heavy atom. The lowest BCUT2D eigenvalue weighted by Gasteiger charge is -2.24. The Bertz CT molecular complexity index is 410. The van der Waals surface area contributed by atoms with E-state index in [2.05, 4.69) is 38.2 Å². The molecule has 104 valence electrons. The van der Waals surface area contributed by atoms with Crippen LogP contribution in [0.2, 0.25) is 0 Å². The van der Waals surface area contributed by atoms with Crippen molar-refractivity contribution in [1.82, 2.24) is 15.3 Å². The molecule has 3 heterocycles. The number of anilines is 2. The molecule has 5 heteroatoms. The van der Waals surface area contributed by atoms with E-state index in [0.29, 0.717) is 6.04 Å². The molecule has 2 fully saturated rings. The molecule has 1 aromatic heterocycles. The maximum atomic E-state index is 4.41. The van der Waals surface area contributed by atoms with Crippen LogP contribution in [0.4, 0.5) is 11.6 Å². The summed E-state index contributed by atoms with van der Waals surface area (Å²) in [6, 6.07) is 2.73. The highest BCUT2D eigenvalue weighted by Crippen LogP contribution is 2.21. The first kappa shape index (κ1) is 12.7. The molecule has 2 aliphatic rings. The van der Waals surface area contributed by atoms with Gasteiger partial charge in [-0.05, 0) is 32.2 Å². The van der Waals surface area contributed by atoms with E-state index in [1.165, 1.54) is 25.7 Å². The van der Waals surface area contributed by atoms with Crippen molar-refractivity contribution in [3.8, 4) is 0 Å². The van der Waals surface area contributed by atoms with Crippen molar-refractivity contribution < 1.29 is 0 Å². The van der Waals surface area contributed by atoms with Gasteiger partial charge in [-0.3, -0.25) is 0 Å². The van der Waals surface area contributed by atoms with Crippen molar-refractivity contribution in [3.05, 3.63) is 12.4 Å². The van der Waals surface area contributed by atoms with Crippen LogP contribution in [0.25, 0.3) is 0 Å². The topological polar surface area (TPSA) is 44.3 Å². The third-order valence-electron chi connectivity index (χ3n) is 4.12. The summed E-state index contributed by atoms with van der Waals surface area (Å²) in [6.07, 6.45) is 6.82. The average Bonchev–Trinajstić information content (AvgIpc) is 3.12. The number of rotatable bonds is 4. The third kappa shape index (κ3) is 2.97. The van der Waals surface area contributed by atoms with Crippen molar-refractivity contribution in [2.24, 2.45) is 0 Å². The molecule has 5 nitrogen and oxygen atoms in total. The van der Waals surface area contributed by atoms with Crippen LogP contribution in [-0.4, -0.2) is 49.2 Å². The maximum Gasteiger partial charge on any atom is 0.134 e. The second kappa shape index (κ2) is 5.74. The summed E-state index contributed by atoms with van der Waals surface area (Å²) in [7, 11) is 2.12. The third-order valence-corrected chi connectivity index (χ3v) is 4.12.